The maximum atomic E-state index is 13.1. The number of esters is 1. The van der Waals surface area contributed by atoms with Crippen molar-refractivity contribution in [1.29, 1.82) is 0 Å². The van der Waals surface area contributed by atoms with E-state index < -0.39 is 91.1 Å². The zero-order chi connectivity index (χ0) is 40.0. The molecule has 17 heteroatoms. The van der Waals surface area contributed by atoms with Gasteiger partial charge in [-0.3, -0.25) is 38.4 Å². The molecule has 0 bridgehead atoms. The average molecular weight is 739 g/mol. The summed E-state index contributed by atoms with van der Waals surface area (Å²) in [7, 11) is 0. The lowest BCUT2D eigenvalue weighted by molar-refractivity contribution is -0.143. The minimum Gasteiger partial charge on any atom is -0.460 e. The summed E-state index contributed by atoms with van der Waals surface area (Å²) >= 11 is 0. The quantitative estimate of drug-likeness (QED) is 0.0425. The zero-order valence-corrected chi connectivity index (χ0v) is 32.0. The van der Waals surface area contributed by atoms with Crippen LogP contribution in [0, 0.1) is 23.7 Å². The monoisotopic (exact) mass is 738 g/mol. The second-order valence-corrected chi connectivity index (χ2v) is 14.3. The number of hydrogen-bond acceptors (Lipinski definition) is 10. The van der Waals surface area contributed by atoms with Crippen LogP contribution in [0.25, 0.3) is 0 Å². The minimum absolute atomic E-state index is 0.00326. The Hall–Kier alpha value is -4.54. The molecule has 0 aromatic rings. The molecule has 0 aliphatic rings. The SMILES string of the molecule is C=CCOC(=O)CNC(=O)[C@H](CC(C)C)NC(=O)CNC(=O)[C@H](CC(C)C)NC(=O)CNC(=O)[C@H](CC(C)C)NC(=O)CNC(=O)[C@@H](N)CC(C)C. The first-order valence-corrected chi connectivity index (χ1v) is 17.8. The van der Waals surface area contributed by atoms with E-state index in [2.05, 4.69) is 43.8 Å². The normalized spacial score (nSPS) is 13.3. The average Bonchev–Trinajstić information content (AvgIpc) is 3.04. The molecule has 0 spiro atoms. The van der Waals surface area contributed by atoms with Gasteiger partial charge >= 0.3 is 5.97 Å². The van der Waals surface area contributed by atoms with Gasteiger partial charge in [0.15, 0.2) is 0 Å². The highest BCUT2D eigenvalue weighted by atomic mass is 16.5. The highest BCUT2D eigenvalue weighted by molar-refractivity contribution is 5.95. The summed E-state index contributed by atoms with van der Waals surface area (Å²) in [5.41, 5.74) is 5.85. The molecule has 0 heterocycles. The van der Waals surface area contributed by atoms with Gasteiger partial charge in [-0.15, -0.1) is 0 Å². The fraction of sp³-hybridized carbons (Fsp3) is 0.714. The number of ether oxygens (including phenoxy) is 1. The van der Waals surface area contributed by atoms with Crippen LogP contribution in [0.4, 0.5) is 0 Å². The maximum Gasteiger partial charge on any atom is 0.325 e. The summed E-state index contributed by atoms with van der Waals surface area (Å²) in [6.07, 6.45) is 2.56. The molecule has 7 amide bonds. The predicted molar refractivity (Wildman–Crippen MR) is 195 cm³/mol. The van der Waals surface area contributed by atoms with Crippen molar-refractivity contribution in [3.63, 3.8) is 0 Å². The summed E-state index contributed by atoms with van der Waals surface area (Å²) in [6.45, 7) is 16.6. The van der Waals surface area contributed by atoms with Crippen LogP contribution >= 0.6 is 0 Å². The van der Waals surface area contributed by atoms with Gasteiger partial charge < -0.3 is 47.7 Å². The summed E-state index contributed by atoms with van der Waals surface area (Å²) in [5.74, 6) is -4.83. The van der Waals surface area contributed by atoms with Crippen LogP contribution in [0.5, 0.6) is 0 Å². The zero-order valence-electron chi connectivity index (χ0n) is 32.0. The van der Waals surface area contributed by atoms with Gasteiger partial charge in [-0.2, -0.15) is 0 Å². The third-order valence-corrected chi connectivity index (χ3v) is 7.18. The molecule has 17 nitrogen and oxygen atoms in total. The molecule has 296 valence electrons. The maximum absolute atomic E-state index is 13.1. The standard InChI is InChI=1S/C35H62N8O9/c1-10-11-52-31(47)19-40-35(51)27(15-23(8)9)43-30(46)18-39-34(50)26(14-22(6)7)42-29(45)17-38-33(49)25(13-21(4)5)41-28(44)16-37-32(48)24(36)12-20(2)3/h10,20-27H,1,11-19,36H2,2-9H3,(H,37,48)(H,38,49)(H,39,50)(H,40,51)(H,41,44)(H,42,45)(H,43,46)/t24-,25-,26-,27-/m0/s1. The fourth-order valence-corrected chi connectivity index (χ4v) is 4.82. The molecule has 0 radical (unpaired) electrons. The van der Waals surface area contributed by atoms with Crippen molar-refractivity contribution in [3.8, 4) is 0 Å². The van der Waals surface area contributed by atoms with E-state index in [1.165, 1.54) is 6.08 Å². The highest BCUT2D eigenvalue weighted by Gasteiger charge is 2.27. The Morgan fingerprint density at radius 2 is 0.827 bits per heavy atom. The first-order chi connectivity index (χ1) is 24.2. The van der Waals surface area contributed by atoms with Crippen LogP contribution in [0.2, 0.25) is 0 Å². The molecule has 0 unspecified atom stereocenters. The second-order valence-electron chi connectivity index (χ2n) is 14.3. The van der Waals surface area contributed by atoms with E-state index in [4.69, 9.17) is 10.5 Å². The van der Waals surface area contributed by atoms with Gasteiger partial charge in [0.05, 0.1) is 25.7 Å². The number of rotatable bonds is 25. The molecule has 0 aliphatic carbocycles. The van der Waals surface area contributed by atoms with Gasteiger partial charge in [-0.1, -0.05) is 68.0 Å². The number of hydrogen-bond donors (Lipinski definition) is 8. The third kappa shape index (κ3) is 22.3. The second kappa shape index (κ2) is 25.4. The molecule has 0 rings (SSSR count). The molecule has 4 atom stereocenters. The molecular weight excluding hydrogens is 676 g/mol. The first-order valence-electron chi connectivity index (χ1n) is 17.8. The Balaban J connectivity index is 5.22. The lowest BCUT2D eigenvalue weighted by atomic mass is 10.0. The van der Waals surface area contributed by atoms with Crippen LogP contribution in [0.15, 0.2) is 12.7 Å². The van der Waals surface area contributed by atoms with Gasteiger partial charge in [0.2, 0.25) is 41.4 Å². The van der Waals surface area contributed by atoms with Crippen LogP contribution in [0.1, 0.15) is 81.1 Å². The van der Waals surface area contributed by atoms with Gasteiger partial charge in [0.25, 0.3) is 0 Å². The van der Waals surface area contributed by atoms with Gasteiger partial charge in [0.1, 0.15) is 31.3 Å². The number of nitrogens with one attached hydrogen (secondary N) is 7. The lowest BCUT2D eigenvalue weighted by Crippen LogP contribution is -2.55. The van der Waals surface area contributed by atoms with Crippen molar-refractivity contribution in [2.75, 3.05) is 32.8 Å². The molecule has 0 aromatic heterocycles. The number of amides is 7. The Morgan fingerprint density at radius 3 is 1.13 bits per heavy atom. The van der Waals surface area contributed by atoms with E-state index >= 15 is 0 Å². The largest absolute Gasteiger partial charge is 0.460 e. The molecule has 9 N–H and O–H groups in total. The Labute approximate surface area is 307 Å². The molecule has 0 saturated carbocycles. The lowest BCUT2D eigenvalue weighted by Gasteiger charge is -2.23. The molecule has 0 fully saturated rings. The van der Waals surface area contributed by atoms with Crippen molar-refractivity contribution in [3.05, 3.63) is 12.7 Å². The van der Waals surface area contributed by atoms with Crippen LogP contribution in [0.3, 0.4) is 0 Å². The first kappa shape index (κ1) is 47.5. The van der Waals surface area contributed by atoms with Crippen molar-refractivity contribution in [2.45, 2.75) is 105 Å². The van der Waals surface area contributed by atoms with E-state index in [0.29, 0.717) is 6.42 Å². The van der Waals surface area contributed by atoms with Crippen molar-refractivity contribution in [1.82, 2.24) is 37.2 Å². The summed E-state index contributed by atoms with van der Waals surface area (Å²) < 4.78 is 4.83. The Bertz CT molecular complexity index is 1220. The van der Waals surface area contributed by atoms with E-state index in [1.807, 2.05) is 55.4 Å². The van der Waals surface area contributed by atoms with Crippen LogP contribution < -0.4 is 43.0 Å². The molecule has 0 aliphatic heterocycles. The summed E-state index contributed by atoms with van der Waals surface area (Å²) in [5, 5.41) is 17.6. The highest BCUT2D eigenvalue weighted by Crippen LogP contribution is 2.08. The predicted octanol–water partition coefficient (Wildman–Crippen LogP) is -0.853. The van der Waals surface area contributed by atoms with E-state index in [9.17, 15) is 38.4 Å². The van der Waals surface area contributed by atoms with Gasteiger partial charge in [-0.05, 0) is 49.4 Å². The van der Waals surface area contributed by atoms with E-state index in [1.54, 1.807) is 0 Å². The van der Waals surface area contributed by atoms with Crippen molar-refractivity contribution >= 4 is 47.3 Å². The minimum atomic E-state index is -1.05. The number of nitrogens with two attached hydrogens (primary N) is 1. The van der Waals surface area contributed by atoms with Crippen LogP contribution in [-0.4, -0.2) is 104 Å². The van der Waals surface area contributed by atoms with Crippen LogP contribution in [-0.2, 0) is 43.1 Å². The molecule has 0 saturated heterocycles. The van der Waals surface area contributed by atoms with E-state index in [-0.39, 0.29) is 56.1 Å². The Morgan fingerprint density at radius 1 is 0.519 bits per heavy atom. The molecule has 52 heavy (non-hydrogen) atoms. The van der Waals surface area contributed by atoms with Crippen molar-refractivity contribution < 1.29 is 43.1 Å². The number of carbonyl (C=O) groups is 8. The molecule has 0 aromatic carbocycles. The van der Waals surface area contributed by atoms with Crippen molar-refractivity contribution in [2.24, 2.45) is 29.4 Å². The smallest absolute Gasteiger partial charge is 0.325 e. The summed E-state index contributed by atoms with van der Waals surface area (Å²) in [6, 6.07) is -3.80. The Kier molecular flexibility index (Phi) is 23.2. The van der Waals surface area contributed by atoms with Gasteiger partial charge in [0, 0.05) is 0 Å². The fourth-order valence-electron chi connectivity index (χ4n) is 4.82. The molecular formula is C35H62N8O9. The van der Waals surface area contributed by atoms with E-state index in [0.717, 1.165) is 0 Å². The third-order valence-electron chi connectivity index (χ3n) is 7.18. The van der Waals surface area contributed by atoms with Gasteiger partial charge in [-0.25, -0.2) is 0 Å². The summed E-state index contributed by atoms with van der Waals surface area (Å²) in [4.78, 5) is 101. The number of carbonyl (C=O) groups excluding carboxylic acids is 8. The topological polar surface area (TPSA) is 256 Å².